The van der Waals surface area contributed by atoms with Crippen LogP contribution in [0.2, 0.25) is 0 Å². The van der Waals surface area contributed by atoms with Crippen molar-refractivity contribution in [2.24, 2.45) is 0 Å². The van der Waals surface area contributed by atoms with Gasteiger partial charge in [0.05, 0.1) is 18.3 Å². The maximum absolute atomic E-state index is 14.5. The van der Waals surface area contributed by atoms with E-state index in [1.165, 1.54) is 96.3 Å². The van der Waals surface area contributed by atoms with Gasteiger partial charge in [0.15, 0.2) is 0 Å². The standard InChI is InChI=1S/C36H75O4P/c1-7-13-16-19-22-25-31-34(28-10-4)38-41(37,39-35(29-11-5)32-26-23-20-17-14-8-2)40-36(30-12-6)33-27-24-21-18-15-9-3/h34-36H,7-33H2,1-6H3. The third-order valence-corrected chi connectivity index (χ3v) is 9.97. The average molecular weight is 603 g/mol. The topological polar surface area (TPSA) is 44.8 Å². The van der Waals surface area contributed by atoms with Gasteiger partial charge >= 0.3 is 7.82 Å². The Morgan fingerprint density at radius 2 is 0.585 bits per heavy atom. The molecule has 41 heavy (non-hydrogen) atoms. The molecule has 3 atom stereocenters. The quantitative estimate of drug-likeness (QED) is 0.0553. The van der Waals surface area contributed by atoms with Crippen LogP contribution in [0.4, 0.5) is 0 Å². The zero-order valence-corrected chi connectivity index (χ0v) is 29.8. The molecule has 0 aliphatic carbocycles. The highest BCUT2D eigenvalue weighted by Gasteiger charge is 2.36. The second-order valence-corrected chi connectivity index (χ2v) is 14.2. The Labute approximate surface area is 258 Å². The molecule has 0 amide bonds. The van der Waals surface area contributed by atoms with Crippen LogP contribution in [0.1, 0.15) is 215 Å². The van der Waals surface area contributed by atoms with Crippen LogP contribution in [0, 0.1) is 0 Å². The SMILES string of the molecule is CCCCCCCCC(CCC)OP(=O)(OC(CCC)CCCCCCCC)OC(CCC)CCCCCCCC. The molecular formula is C36H75O4P. The molecule has 0 bridgehead atoms. The number of phosphoric ester groups is 1. The van der Waals surface area contributed by atoms with Gasteiger partial charge < -0.3 is 0 Å². The lowest BCUT2D eigenvalue weighted by Crippen LogP contribution is -2.22. The summed E-state index contributed by atoms with van der Waals surface area (Å²) in [6.45, 7) is 13.4. The van der Waals surface area contributed by atoms with Crippen molar-refractivity contribution in [2.75, 3.05) is 0 Å². The molecule has 0 radical (unpaired) electrons. The molecule has 0 N–H and O–H groups in total. The van der Waals surface area contributed by atoms with Crippen molar-refractivity contribution in [3.63, 3.8) is 0 Å². The van der Waals surface area contributed by atoms with Crippen molar-refractivity contribution in [1.82, 2.24) is 0 Å². The summed E-state index contributed by atoms with van der Waals surface area (Å²) in [4.78, 5) is 0. The molecule has 0 fully saturated rings. The molecule has 0 heterocycles. The van der Waals surface area contributed by atoms with Crippen LogP contribution in [-0.4, -0.2) is 18.3 Å². The molecule has 0 saturated heterocycles. The first-order valence-corrected chi connectivity index (χ1v) is 20.1. The third kappa shape index (κ3) is 25.2. The van der Waals surface area contributed by atoms with Crippen LogP contribution in [0.5, 0.6) is 0 Å². The van der Waals surface area contributed by atoms with Crippen LogP contribution in [0.15, 0.2) is 0 Å². The maximum atomic E-state index is 14.5. The van der Waals surface area contributed by atoms with Gasteiger partial charge in [-0.05, 0) is 38.5 Å². The van der Waals surface area contributed by atoms with Crippen molar-refractivity contribution in [3.8, 4) is 0 Å². The van der Waals surface area contributed by atoms with Gasteiger partial charge in [0.25, 0.3) is 0 Å². The zero-order valence-electron chi connectivity index (χ0n) is 28.9. The highest BCUT2D eigenvalue weighted by atomic mass is 31.2. The zero-order chi connectivity index (χ0) is 30.4. The second kappa shape index (κ2) is 30.1. The summed E-state index contributed by atoms with van der Waals surface area (Å²) in [5.41, 5.74) is 0. The van der Waals surface area contributed by atoms with E-state index in [2.05, 4.69) is 41.5 Å². The number of phosphoric acid groups is 1. The molecule has 0 aromatic rings. The summed E-state index contributed by atoms with van der Waals surface area (Å²) in [6.07, 6.45) is 31.1. The first-order chi connectivity index (χ1) is 20.0. The van der Waals surface area contributed by atoms with Crippen LogP contribution in [0.3, 0.4) is 0 Å². The lowest BCUT2D eigenvalue weighted by Gasteiger charge is -2.30. The lowest BCUT2D eigenvalue weighted by atomic mass is 10.0. The van der Waals surface area contributed by atoms with E-state index in [-0.39, 0.29) is 18.3 Å². The largest absolute Gasteiger partial charge is 0.475 e. The van der Waals surface area contributed by atoms with E-state index in [9.17, 15) is 4.57 Å². The van der Waals surface area contributed by atoms with Crippen LogP contribution in [0.25, 0.3) is 0 Å². The van der Waals surface area contributed by atoms with Gasteiger partial charge in [-0.15, -0.1) is 0 Å². The number of hydrogen-bond acceptors (Lipinski definition) is 4. The molecule has 3 unspecified atom stereocenters. The summed E-state index contributed by atoms with van der Waals surface area (Å²) in [7, 11) is -3.68. The first kappa shape index (κ1) is 41.1. The molecule has 0 aromatic carbocycles. The van der Waals surface area contributed by atoms with Gasteiger partial charge in [0.1, 0.15) is 0 Å². The molecule has 0 rings (SSSR count). The Morgan fingerprint density at radius 3 is 0.829 bits per heavy atom. The minimum absolute atomic E-state index is 0.0513. The van der Waals surface area contributed by atoms with E-state index < -0.39 is 7.82 Å². The summed E-state index contributed by atoms with van der Waals surface area (Å²) in [6, 6.07) is 0. The molecule has 4 nitrogen and oxygen atoms in total. The van der Waals surface area contributed by atoms with Gasteiger partial charge in [0, 0.05) is 0 Å². The fourth-order valence-corrected chi connectivity index (χ4v) is 7.67. The van der Waals surface area contributed by atoms with Crippen molar-refractivity contribution < 1.29 is 18.1 Å². The summed E-state index contributed by atoms with van der Waals surface area (Å²) in [5, 5.41) is 0. The van der Waals surface area contributed by atoms with E-state index in [0.29, 0.717) is 0 Å². The predicted octanol–water partition coefficient (Wildman–Crippen LogP) is 13.9. The first-order valence-electron chi connectivity index (χ1n) is 18.6. The summed E-state index contributed by atoms with van der Waals surface area (Å²) < 4.78 is 34.0. The van der Waals surface area contributed by atoms with Crippen molar-refractivity contribution in [1.29, 1.82) is 0 Å². The van der Waals surface area contributed by atoms with Crippen molar-refractivity contribution in [3.05, 3.63) is 0 Å². The Kier molecular flexibility index (Phi) is 30.2. The Morgan fingerprint density at radius 1 is 0.341 bits per heavy atom. The van der Waals surface area contributed by atoms with E-state index in [0.717, 1.165) is 77.0 Å². The van der Waals surface area contributed by atoms with Gasteiger partial charge in [-0.1, -0.05) is 176 Å². The van der Waals surface area contributed by atoms with Gasteiger partial charge in [-0.3, -0.25) is 13.6 Å². The molecule has 0 spiro atoms. The third-order valence-electron chi connectivity index (χ3n) is 8.31. The minimum atomic E-state index is -3.68. The Hall–Kier alpha value is 0.110. The number of hydrogen-bond donors (Lipinski definition) is 0. The highest BCUT2D eigenvalue weighted by molar-refractivity contribution is 7.48. The fourth-order valence-electron chi connectivity index (χ4n) is 5.79. The highest BCUT2D eigenvalue weighted by Crippen LogP contribution is 2.55. The van der Waals surface area contributed by atoms with Crippen LogP contribution < -0.4 is 0 Å². The van der Waals surface area contributed by atoms with Gasteiger partial charge in [-0.25, -0.2) is 4.57 Å². The van der Waals surface area contributed by atoms with Crippen LogP contribution in [-0.2, 0) is 18.1 Å². The molecule has 0 saturated carbocycles. The van der Waals surface area contributed by atoms with E-state index in [1.807, 2.05) is 0 Å². The number of unbranched alkanes of at least 4 members (excludes halogenated alkanes) is 15. The maximum Gasteiger partial charge on any atom is 0.475 e. The van der Waals surface area contributed by atoms with Crippen LogP contribution >= 0.6 is 7.82 Å². The van der Waals surface area contributed by atoms with E-state index in [4.69, 9.17) is 13.6 Å². The van der Waals surface area contributed by atoms with Gasteiger partial charge in [0.2, 0.25) is 0 Å². The average Bonchev–Trinajstić information content (AvgIpc) is 2.94. The predicted molar refractivity (Wildman–Crippen MR) is 181 cm³/mol. The second-order valence-electron chi connectivity index (χ2n) is 12.7. The lowest BCUT2D eigenvalue weighted by molar-refractivity contribution is 0.0168. The van der Waals surface area contributed by atoms with E-state index in [1.54, 1.807) is 0 Å². The Balaban J connectivity index is 5.43. The number of rotatable bonds is 33. The molecule has 248 valence electrons. The van der Waals surface area contributed by atoms with Crippen molar-refractivity contribution in [2.45, 2.75) is 233 Å². The smallest absolute Gasteiger partial charge is 0.284 e. The molecule has 5 heteroatoms. The molecular weight excluding hydrogens is 527 g/mol. The van der Waals surface area contributed by atoms with E-state index >= 15 is 0 Å². The minimum Gasteiger partial charge on any atom is -0.284 e. The fraction of sp³-hybridized carbons (Fsp3) is 1.00. The summed E-state index contributed by atoms with van der Waals surface area (Å²) in [5.74, 6) is 0. The monoisotopic (exact) mass is 603 g/mol. The van der Waals surface area contributed by atoms with Crippen molar-refractivity contribution >= 4 is 7.82 Å². The van der Waals surface area contributed by atoms with Gasteiger partial charge in [-0.2, -0.15) is 0 Å². The Bertz CT molecular complexity index is 494. The normalized spacial score (nSPS) is 15.6. The molecule has 0 aliphatic heterocycles. The summed E-state index contributed by atoms with van der Waals surface area (Å²) >= 11 is 0. The molecule has 0 aromatic heterocycles. The molecule has 0 aliphatic rings.